The molecule has 0 amide bonds. The summed E-state index contributed by atoms with van der Waals surface area (Å²) in [5, 5.41) is 17.4. The Morgan fingerprint density at radius 1 is 0.820 bits per heavy atom. The van der Waals surface area contributed by atoms with Crippen LogP contribution in [0.3, 0.4) is 0 Å². The Labute approximate surface area is 296 Å². The molecule has 0 spiro atoms. The van der Waals surface area contributed by atoms with E-state index in [2.05, 4.69) is 178 Å². The topological polar surface area (TPSA) is 60.2 Å². The van der Waals surface area contributed by atoms with Crippen LogP contribution in [0.4, 0.5) is 11.4 Å². The number of benzene rings is 4. The molecule has 3 aliphatic carbocycles. The van der Waals surface area contributed by atoms with Crippen molar-refractivity contribution in [2.45, 2.75) is 52.0 Å². The smallest absolute Gasteiger partial charge is 0.134 e. The maximum atomic E-state index is 9.78. The highest BCUT2D eigenvalue weighted by molar-refractivity contribution is 6.02. The molecule has 4 heteroatoms. The van der Waals surface area contributed by atoms with Crippen LogP contribution in [0, 0.1) is 22.7 Å². The number of anilines is 2. The van der Waals surface area contributed by atoms with Crippen LogP contribution in [-0.2, 0) is 5.41 Å². The third kappa shape index (κ3) is 5.63. The first kappa shape index (κ1) is 31.6. The highest BCUT2D eigenvalue weighted by atomic mass is 15.1. The Balaban J connectivity index is 1.19. The van der Waals surface area contributed by atoms with E-state index in [0.717, 1.165) is 46.9 Å². The lowest BCUT2D eigenvalue weighted by Crippen LogP contribution is -2.40. The molecule has 0 saturated heterocycles. The third-order valence-electron chi connectivity index (χ3n) is 10.8. The van der Waals surface area contributed by atoms with Gasteiger partial charge in [0.05, 0.1) is 17.8 Å². The molecule has 3 atom stereocenters. The maximum Gasteiger partial charge on any atom is 0.134 e. The van der Waals surface area contributed by atoms with Gasteiger partial charge in [-0.15, -0.1) is 0 Å². The molecule has 8 rings (SSSR count). The van der Waals surface area contributed by atoms with Crippen LogP contribution >= 0.6 is 0 Å². The van der Waals surface area contributed by atoms with Gasteiger partial charge in [-0.3, -0.25) is 0 Å². The number of fused-ring (bicyclic) bond motifs is 3. The quantitative estimate of drug-likeness (QED) is 0.218. The van der Waals surface area contributed by atoms with Crippen LogP contribution in [0.2, 0.25) is 0 Å². The molecule has 1 aliphatic heterocycles. The number of rotatable bonds is 6. The van der Waals surface area contributed by atoms with Crippen molar-refractivity contribution >= 4 is 17.2 Å². The van der Waals surface area contributed by atoms with Gasteiger partial charge in [-0.05, 0) is 88.6 Å². The Kier molecular flexibility index (Phi) is 7.80. The molecule has 0 fully saturated rings. The van der Waals surface area contributed by atoms with Crippen molar-refractivity contribution in [2.75, 3.05) is 5.32 Å². The highest BCUT2D eigenvalue weighted by Crippen LogP contribution is 2.51. The number of nitrogens with zero attached hydrogens (tertiary/aromatic N) is 2. The highest BCUT2D eigenvalue weighted by Gasteiger charge is 2.36. The second-order valence-corrected chi connectivity index (χ2v) is 14.9. The van der Waals surface area contributed by atoms with Gasteiger partial charge in [-0.1, -0.05) is 125 Å². The van der Waals surface area contributed by atoms with Gasteiger partial charge in [0.25, 0.3) is 0 Å². The van der Waals surface area contributed by atoms with Crippen molar-refractivity contribution < 1.29 is 0 Å². The average Bonchev–Trinajstić information content (AvgIpc) is 3.36. The van der Waals surface area contributed by atoms with Crippen LogP contribution in [0.25, 0.3) is 22.3 Å². The van der Waals surface area contributed by atoms with E-state index in [1.165, 1.54) is 39.0 Å². The van der Waals surface area contributed by atoms with Crippen molar-refractivity contribution in [2.24, 2.45) is 16.3 Å². The zero-order valence-electron chi connectivity index (χ0n) is 29.2. The molecule has 0 aromatic heterocycles. The first-order chi connectivity index (χ1) is 24.2. The molecule has 50 heavy (non-hydrogen) atoms. The van der Waals surface area contributed by atoms with Gasteiger partial charge < -0.3 is 10.6 Å². The fraction of sp³-hybridized carbons (Fsp3) is 0.217. The van der Waals surface area contributed by atoms with Gasteiger partial charge in [-0.25, -0.2) is 4.99 Å². The van der Waals surface area contributed by atoms with Crippen LogP contribution in [0.15, 0.2) is 155 Å². The summed E-state index contributed by atoms with van der Waals surface area (Å²) >= 11 is 0. The van der Waals surface area contributed by atoms with E-state index in [4.69, 9.17) is 4.99 Å². The normalized spacial score (nSPS) is 22.9. The summed E-state index contributed by atoms with van der Waals surface area (Å²) in [6.45, 7) is 9.10. The zero-order chi connectivity index (χ0) is 34.5. The van der Waals surface area contributed by atoms with E-state index in [0.29, 0.717) is 5.92 Å². The summed E-state index contributed by atoms with van der Waals surface area (Å²) in [7, 11) is 0. The summed E-state index contributed by atoms with van der Waals surface area (Å²) in [6, 6.07) is 35.1. The monoisotopic (exact) mass is 650 g/mol. The lowest BCUT2D eigenvalue weighted by Gasteiger charge is -2.34. The molecule has 1 heterocycles. The molecule has 0 saturated carbocycles. The summed E-state index contributed by atoms with van der Waals surface area (Å²) in [6.07, 6.45) is 16.9. The molecule has 4 aliphatic rings. The van der Waals surface area contributed by atoms with Gasteiger partial charge in [-0.2, -0.15) is 5.26 Å². The van der Waals surface area contributed by atoms with E-state index in [1.54, 1.807) is 0 Å². The second kappa shape index (κ2) is 12.3. The predicted octanol–water partition coefficient (Wildman–Crippen LogP) is 10.9. The first-order valence-electron chi connectivity index (χ1n) is 17.7. The fourth-order valence-corrected chi connectivity index (χ4v) is 8.06. The molecular formula is C46H42N4. The van der Waals surface area contributed by atoms with E-state index < -0.39 is 0 Å². The van der Waals surface area contributed by atoms with E-state index >= 15 is 0 Å². The van der Waals surface area contributed by atoms with Crippen molar-refractivity contribution in [1.29, 1.82) is 5.26 Å². The third-order valence-corrected chi connectivity index (χ3v) is 10.8. The number of nitrogens with one attached hydrogen (secondary N) is 2. The molecule has 4 nitrogen and oxygen atoms in total. The standard InChI is InChI=1S/C46H42N4/c1-30-22-31(29-47)24-34(23-30)41-28-43(46(4)20-11-6-12-21-46)50-44(49-41)33-16-13-17-35(25-33)48-42-27-38-36-18-9-10-19-39(36)45(2,3)40(38)26-37(42)32-14-7-5-8-15-32/h5-20,22,24-28,30,41,48H,21,23H2,1-4H3,(H,49,50). The zero-order valence-corrected chi connectivity index (χ0v) is 29.2. The number of hydrogen-bond donors (Lipinski definition) is 2. The van der Waals surface area contributed by atoms with Crippen LogP contribution in [-0.4, -0.2) is 11.9 Å². The summed E-state index contributed by atoms with van der Waals surface area (Å²) in [5.74, 6) is 1.14. The summed E-state index contributed by atoms with van der Waals surface area (Å²) in [4.78, 5) is 5.30. The lowest BCUT2D eigenvalue weighted by atomic mass is 9.78. The molecule has 0 bridgehead atoms. The Bertz CT molecular complexity index is 2240. The van der Waals surface area contributed by atoms with Crippen molar-refractivity contribution in [3.8, 4) is 28.3 Å². The minimum atomic E-state index is -0.218. The second-order valence-electron chi connectivity index (χ2n) is 14.9. The average molecular weight is 651 g/mol. The number of aliphatic imine (C=N–C) groups is 1. The summed E-state index contributed by atoms with van der Waals surface area (Å²) in [5.41, 5.74) is 13.4. The van der Waals surface area contributed by atoms with Gasteiger partial charge in [0.1, 0.15) is 5.84 Å². The van der Waals surface area contributed by atoms with Crippen LogP contribution in [0.5, 0.6) is 0 Å². The van der Waals surface area contributed by atoms with Crippen molar-refractivity contribution in [3.05, 3.63) is 167 Å². The SMILES string of the molecule is CC1C=C(C#N)C=C(C2C=C(C3(C)C=CC=CC3)N=C(c3cccc(Nc4cc5c(cc4-c4ccccc4)C(C)(C)c4ccccc4-5)c3)N2)C1. The molecule has 0 radical (unpaired) electrons. The summed E-state index contributed by atoms with van der Waals surface area (Å²) < 4.78 is 0. The number of nitriles is 1. The first-order valence-corrected chi connectivity index (χ1v) is 17.7. The Morgan fingerprint density at radius 3 is 2.42 bits per heavy atom. The maximum absolute atomic E-state index is 9.78. The number of allylic oxidation sites excluding steroid dienone is 7. The fourth-order valence-electron chi connectivity index (χ4n) is 8.06. The molecular weight excluding hydrogens is 609 g/mol. The molecule has 2 N–H and O–H groups in total. The molecule has 4 aromatic carbocycles. The number of amidine groups is 1. The van der Waals surface area contributed by atoms with Crippen LogP contribution < -0.4 is 10.6 Å². The molecule has 4 aromatic rings. The van der Waals surface area contributed by atoms with E-state index in [1.807, 2.05) is 0 Å². The van der Waals surface area contributed by atoms with Gasteiger partial charge in [0, 0.05) is 38.9 Å². The predicted molar refractivity (Wildman–Crippen MR) is 207 cm³/mol. The largest absolute Gasteiger partial charge is 0.360 e. The van der Waals surface area contributed by atoms with Crippen molar-refractivity contribution in [3.63, 3.8) is 0 Å². The number of hydrogen-bond acceptors (Lipinski definition) is 4. The van der Waals surface area contributed by atoms with Crippen LogP contribution in [0.1, 0.15) is 57.2 Å². The van der Waals surface area contributed by atoms with Crippen molar-refractivity contribution in [1.82, 2.24) is 5.32 Å². The Hall–Kier alpha value is -5.66. The van der Waals surface area contributed by atoms with Gasteiger partial charge >= 0.3 is 0 Å². The lowest BCUT2D eigenvalue weighted by molar-refractivity contribution is 0.500. The Morgan fingerprint density at radius 2 is 1.62 bits per heavy atom. The minimum Gasteiger partial charge on any atom is -0.360 e. The minimum absolute atomic E-state index is 0.0606. The van der Waals surface area contributed by atoms with E-state index in [9.17, 15) is 5.26 Å². The molecule has 246 valence electrons. The van der Waals surface area contributed by atoms with Gasteiger partial charge in [0.15, 0.2) is 0 Å². The molecule has 3 unspecified atom stereocenters. The van der Waals surface area contributed by atoms with Gasteiger partial charge in [0.2, 0.25) is 0 Å². The van der Waals surface area contributed by atoms with E-state index in [-0.39, 0.29) is 16.9 Å².